The van der Waals surface area contributed by atoms with Gasteiger partial charge in [0, 0.05) is 26.1 Å². The van der Waals surface area contributed by atoms with Gasteiger partial charge in [-0.3, -0.25) is 9.59 Å². The molecule has 0 fully saturated rings. The number of aliphatic hydroxyl groups is 1. The molecule has 2 aliphatic rings. The Morgan fingerprint density at radius 1 is 0.978 bits per heavy atom. The third-order valence-corrected chi connectivity index (χ3v) is 8.95. The van der Waals surface area contributed by atoms with Crippen molar-refractivity contribution in [3.63, 3.8) is 0 Å². The van der Waals surface area contributed by atoms with E-state index in [-0.39, 0.29) is 30.5 Å². The third kappa shape index (κ3) is 8.84. The minimum Gasteiger partial charge on any atom is -0.457 e. The largest absolute Gasteiger partial charge is 0.457 e. The maximum atomic E-state index is 13.8. The van der Waals surface area contributed by atoms with Crippen molar-refractivity contribution in [2.45, 2.75) is 82.2 Å². The van der Waals surface area contributed by atoms with E-state index in [1.165, 1.54) is 0 Å². The molecule has 0 radical (unpaired) electrons. The van der Waals surface area contributed by atoms with E-state index in [0.717, 1.165) is 47.5 Å². The Morgan fingerprint density at radius 2 is 1.74 bits per heavy atom. The van der Waals surface area contributed by atoms with Crippen LogP contribution in [0.15, 0.2) is 91.0 Å². The number of para-hydroxylation sites is 1. The van der Waals surface area contributed by atoms with Gasteiger partial charge in [0.05, 0.1) is 24.9 Å². The molecule has 3 N–H and O–H groups in total. The van der Waals surface area contributed by atoms with E-state index in [0.29, 0.717) is 32.3 Å². The van der Waals surface area contributed by atoms with E-state index in [1.807, 2.05) is 78.9 Å². The quantitative estimate of drug-likeness (QED) is 0.199. The van der Waals surface area contributed by atoms with Gasteiger partial charge in [-0.1, -0.05) is 86.5 Å². The molecule has 5 rings (SSSR count). The molecule has 3 aromatic carbocycles. The van der Waals surface area contributed by atoms with Crippen molar-refractivity contribution in [2.75, 3.05) is 20.2 Å². The molecule has 2 unspecified atom stereocenters. The van der Waals surface area contributed by atoms with Crippen molar-refractivity contribution in [3.05, 3.63) is 108 Å². The molecule has 46 heavy (non-hydrogen) atoms. The summed E-state index contributed by atoms with van der Waals surface area (Å²) in [6.07, 6.45) is 7.53. The van der Waals surface area contributed by atoms with E-state index in [4.69, 9.17) is 9.47 Å². The topological polar surface area (TPSA) is 100 Å². The fourth-order valence-electron chi connectivity index (χ4n) is 6.27. The summed E-state index contributed by atoms with van der Waals surface area (Å²) >= 11 is 0. The second-order valence-electron chi connectivity index (χ2n) is 12.3. The lowest BCUT2D eigenvalue weighted by atomic mass is 9.99. The van der Waals surface area contributed by atoms with Crippen molar-refractivity contribution >= 4 is 11.8 Å². The number of hydrogen-bond acceptors (Lipinski definition) is 6. The third-order valence-electron chi connectivity index (χ3n) is 8.95. The molecule has 3 aromatic rings. The van der Waals surface area contributed by atoms with Crippen LogP contribution in [-0.4, -0.2) is 60.2 Å². The van der Waals surface area contributed by atoms with E-state index >= 15 is 0 Å². The van der Waals surface area contributed by atoms with Crippen LogP contribution in [0.2, 0.25) is 0 Å². The highest BCUT2D eigenvalue weighted by molar-refractivity contribution is 5.88. The van der Waals surface area contributed by atoms with Crippen LogP contribution in [-0.2, 0) is 20.7 Å². The number of nitrogens with one attached hydrogen (secondary N) is 2. The summed E-state index contributed by atoms with van der Waals surface area (Å²) in [7, 11) is 1.70. The zero-order valence-corrected chi connectivity index (χ0v) is 26.9. The molecule has 1 heterocycles. The number of aliphatic hydroxyl groups excluding tert-OH is 1. The van der Waals surface area contributed by atoms with Crippen LogP contribution in [0.1, 0.15) is 74.3 Å². The summed E-state index contributed by atoms with van der Waals surface area (Å²) in [5, 5.41) is 18.3. The van der Waals surface area contributed by atoms with Gasteiger partial charge >= 0.3 is 0 Å². The zero-order chi connectivity index (χ0) is 32.3. The molecule has 8 heteroatoms. The fourth-order valence-corrected chi connectivity index (χ4v) is 6.27. The summed E-state index contributed by atoms with van der Waals surface area (Å²) in [6, 6.07) is 24.3. The van der Waals surface area contributed by atoms with E-state index < -0.39 is 18.2 Å². The Morgan fingerprint density at radius 3 is 2.50 bits per heavy atom. The molecule has 8 nitrogen and oxygen atoms in total. The number of β-amino-alcohol motifs (C(OH)–C–C–N with tert-alkyl or cyclic N) is 1. The van der Waals surface area contributed by atoms with Gasteiger partial charge in [-0.25, -0.2) is 0 Å². The molecule has 0 saturated heterocycles. The maximum Gasteiger partial charge on any atom is 0.243 e. The summed E-state index contributed by atoms with van der Waals surface area (Å²) in [6.45, 7) is 2.73. The van der Waals surface area contributed by atoms with Gasteiger partial charge in [-0.05, 0) is 66.6 Å². The highest BCUT2D eigenvalue weighted by atomic mass is 16.5. The highest BCUT2D eigenvalue weighted by Crippen LogP contribution is 2.43. The predicted molar refractivity (Wildman–Crippen MR) is 180 cm³/mol. The van der Waals surface area contributed by atoms with Crippen LogP contribution in [0.25, 0.3) is 0 Å². The van der Waals surface area contributed by atoms with Crippen LogP contribution in [0.3, 0.4) is 0 Å². The first-order chi connectivity index (χ1) is 22.4. The first-order valence-corrected chi connectivity index (χ1v) is 16.6. The smallest absolute Gasteiger partial charge is 0.243 e. The Kier molecular flexibility index (Phi) is 12.0. The Hall–Kier alpha value is -3.98. The number of ether oxygens (including phenoxy) is 2. The molecule has 0 saturated carbocycles. The summed E-state index contributed by atoms with van der Waals surface area (Å²) < 4.78 is 12.5. The molecular formula is C38H47N3O5. The molecule has 0 spiro atoms. The molecular weight excluding hydrogens is 578 g/mol. The second-order valence-corrected chi connectivity index (χ2v) is 12.3. The number of rotatable bonds is 9. The number of carbonyl (C=O) groups is 2. The number of amides is 2. The molecule has 0 aromatic heterocycles. The van der Waals surface area contributed by atoms with Gasteiger partial charge in [0.2, 0.25) is 11.8 Å². The SMILES string of the molecule is CCCCCC(=O)N(C)[C@H]1C/C=C/COC2CC(NC[C@@H](O)[C@H](Cc3ccccc3)NC1=O)c1cc(Oc3ccccc3)ccc12. The molecule has 2 amide bonds. The van der Waals surface area contributed by atoms with Crippen LogP contribution in [0, 0.1) is 0 Å². The van der Waals surface area contributed by atoms with Crippen molar-refractivity contribution in [1.82, 2.24) is 15.5 Å². The van der Waals surface area contributed by atoms with Crippen molar-refractivity contribution < 1.29 is 24.2 Å². The number of fused-ring (bicyclic) bond motifs is 5. The normalized spacial score (nSPS) is 24.2. The number of carbonyl (C=O) groups excluding carboxylic acids is 2. The second kappa shape index (κ2) is 16.5. The van der Waals surface area contributed by atoms with E-state index in [1.54, 1.807) is 11.9 Å². The maximum absolute atomic E-state index is 13.8. The Balaban J connectivity index is 1.39. The van der Waals surface area contributed by atoms with Gasteiger partial charge in [0.15, 0.2) is 0 Å². The van der Waals surface area contributed by atoms with Crippen molar-refractivity contribution in [1.29, 1.82) is 0 Å². The average molecular weight is 626 g/mol. The van der Waals surface area contributed by atoms with Crippen LogP contribution in [0.4, 0.5) is 0 Å². The lowest BCUT2D eigenvalue weighted by molar-refractivity contribution is -0.139. The lowest BCUT2D eigenvalue weighted by Gasteiger charge is -2.31. The molecule has 1 aliphatic heterocycles. The van der Waals surface area contributed by atoms with Crippen LogP contribution >= 0.6 is 0 Å². The van der Waals surface area contributed by atoms with Crippen molar-refractivity contribution in [2.24, 2.45) is 0 Å². The fraction of sp³-hybridized carbons (Fsp3) is 0.421. The minimum absolute atomic E-state index is 0.0532. The lowest BCUT2D eigenvalue weighted by Crippen LogP contribution is -2.55. The number of unbranched alkanes of at least 4 members (excludes halogenated alkanes) is 2. The van der Waals surface area contributed by atoms with Gasteiger partial charge in [-0.2, -0.15) is 0 Å². The minimum atomic E-state index is -0.886. The van der Waals surface area contributed by atoms with Crippen molar-refractivity contribution in [3.8, 4) is 11.5 Å². The zero-order valence-electron chi connectivity index (χ0n) is 26.9. The summed E-state index contributed by atoms with van der Waals surface area (Å²) in [4.78, 5) is 28.5. The monoisotopic (exact) mass is 625 g/mol. The van der Waals surface area contributed by atoms with Gasteiger partial charge in [0.1, 0.15) is 17.5 Å². The number of hydrogen-bond donors (Lipinski definition) is 3. The van der Waals surface area contributed by atoms with Gasteiger partial charge in [0.25, 0.3) is 0 Å². The highest BCUT2D eigenvalue weighted by Gasteiger charge is 2.34. The molecule has 244 valence electrons. The molecule has 5 atom stereocenters. The van der Waals surface area contributed by atoms with Crippen LogP contribution < -0.4 is 15.4 Å². The van der Waals surface area contributed by atoms with Crippen LogP contribution in [0.5, 0.6) is 11.5 Å². The first-order valence-electron chi connectivity index (χ1n) is 16.6. The molecule has 1 aliphatic carbocycles. The average Bonchev–Trinajstić information content (AvgIpc) is 3.41. The van der Waals surface area contributed by atoms with E-state index in [2.05, 4.69) is 29.7 Å². The van der Waals surface area contributed by atoms with E-state index in [9.17, 15) is 14.7 Å². The summed E-state index contributed by atoms with van der Waals surface area (Å²) in [5.41, 5.74) is 3.18. The molecule has 2 bridgehead atoms. The van der Waals surface area contributed by atoms with Gasteiger partial charge < -0.3 is 30.1 Å². The predicted octanol–water partition coefficient (Wildman–Crippen LogP) is 6.03. The van der Waals surface area contributed by atoms with Gasteiger partial charge in [-0.15, -0.1) is 0 Å². The Labute approximate surface area is 272 Å². The summed E-state index contributed by atoms with van der Waals surface area (Å²) in [5.74, 6) is 1.17. The first kappa shape index (κ1) is 33.4. The number of likely N-dealkylation sites (N-methyl/N-ethyl adjacent to an activating group) is 1. The number of nitrogens with zero attached hydrogens (tertiary/aromatic N) is 1. The number of benzene rings is 3. The Bertz CT molecular complexity index is 1450. The standard InChI is InChI=1S/C38H47N3O5/c1-3-4-7-19-37(43)41(2)34-18-12-13-22-45-36-25-32(31-24-29(20-21-30(31)36)46-28-16-10-6-11-17-28)39-26-35(42)33(40-38(34)44)23-27-14-8-5-9-15-27/h5-6,8-17,20-21,24,32-36,39,42H,3-4,7,18-19,22-23,25-26H2,1-2H3,(H,40,44)/b13-12+/t32?,33-,34-,35+,36?/m0/s1.